The van der Waals surface area contributed by atoms with E-state index in [1.165, 1.54) is 10.4 Å². The van der Waals surface area contributed by atoms with Gasteiger partial charge in [-0.2, -0.15) is 0 Å². The Morgan fingerprint density at radius 2 is 2.00 bits per heavy atom. The molecule has 2 aliphatic carbocycles. The summed E-state index contributed by atoms with van der Waals surface area (Å²) in [4.78, 5) is 0. The van der Waals surface area contributed by atoms with Crippen LogP contribution in [-0.2, 0) is 0 Å². The highest BCUT2D eigenvalue weighted by Gasteiger charge is 2.28. The standard InChI is InChI=1S/C14H16Si/c1-15(2,14-11-7-8-12-14)13-9-5-3-4-6-10-13/h3-5,7-11H,6H2,1-2H3. The second kappa shape index (κ2) is 4.06. The van der Waals surface area contributed by atoms with Crippen LogP contribution in [0.4, 0.5) is 0 Å². The van der Waals surface area contributed by atoms with E-state index in [-0.39, 0.29) is 0 Å². The van der Waals surface area contributed by atoms with Gasteiger partial charge in [0.1, 0.15) is 8.07 Å². The Bertz CT molecular complexity index is 436. The summed E-state index contributed by atoms with van der Waals surface area (Å²) in [6.45, 7) is 4.78. The number of rotatable bonds is 2. The van der Waals surface area contributed by atoms with Crippen LogP contribution in [-0.4, -0.2) is 8.07 Å². The molecule has 0 bridgehead atoms. The SMILES string of the molecule is C[Si](C)(C1=C=CC=C1)C1=CCC=CC=C1. The van der Waals surface area contributed by atoms with Gasteiger partial charge in [-0.15, -0.1) is 5.73 Å². The van der Waals surface area contributed by atoms with Crippen LogP contribution in [0.2, 0.25) is 13.1 Å². The van der Waals surface area contributed by atoms with Gasteiger partial charge in [-0.1, -0.05) is 60.8 Å². The van der Waals surface area contributed by atoms with Crippen molar-refractivity contribution in [1.29, 1.82) is 0 Å². The van der Waals surface area contributed by atoms with Crippen LogP contribution in [0, 0.1) is 0 Å². The average molecular weight is 212 g/mol. The van der Waals surface area contributed by atoms with Gasteiger partial charge in [0.25, 0.3) is 0 Å². The first kappa shape index (κ1) is 10.2. The molecule has 0 spiro atoms. The fourth-order valence-electron chi connectivity index (χ4n) is 1.92. The third-order valence-electron chi connectivity index (χ3n) is 2.99. The van der Waals surface area contributed by atoms with Crippen molar-refractivity contribution in [3.05, 3.63) is 64.7 Å². The second-order valence-corrected chi connectivity index (χ2v) is 8.76. The Balaban J connectivity index is 2.33. The van der Waals surface area contributed by atoms with Gasteiger partial charge < -0.3 is 0 Å². The lowest BCUT2D eigenvalue weighted by Crippen LogP contribution is -2.30. The first-order valence-corrected chi connectivity index (χ1v) is 8.39. The monoisotopic (exact) mass is 212 g/mol. The molecule has 1 heteroatoms. The minimum absolute atomic E-state index is 1.06. The minimum Gasteiger partial charge on any atom is -0.121 e. The fraction of sp³-hybridized carbons (Fsp3) is 0.214. The summed E-state index contributed by atoms with van der Waals surface area (Å²) >= 11 is 0. The van der Waals surface area contributed by atoms with Crippen molar-refractivity contribution in [2.24, 2.45) is 0 Å². The summed E-state index contributed by atoms with van der Waals surface area (Å²) in [5, 5.41) is 2.91. The van der Waals surface area contributed by atoms with E-state index < -0.39 is 8.07 Å². The van der Waals surface area contributed by atoms with E-state index in [0.29, 0.717) is 0 Å². The van der Waals surface area contributed by atoms with Gasteiger partial charge in [-0.3, -0.25) is 0 Å². The fourth-order valence-corrected chi connectivity index (χ4v) is 4.33. The first-order valence-electron chi connectivity index (χ1n) is 5.39. The van der Waals surface area contributed by atoms with Gasteiger partial charge in [0, 0.05) is 0 Å². The van der Waals surface area contributed by atoms with E-state index in [1.54, 1.807) is 0 Å². The predicted molar refractivity (Wildman–Crippen MR) is 69.2 cm³/mol. The summed E-state index contributed by atoms with van der Waals surface area (Å²) in [5.41, 5.74) is 3.36. The zero-order valence-corrected chi connectivity index (χ0v) is 10.3. The van der Waals surface area contributed by atoms with E-state index in [0.717, 1.165) is 6.42 Å². The molecule has 0 fully saturated rings. The van der Waals surface area contributed by atoms with Crippen LogP contribution in [0.5, 0.6) is 0 Å². The summed E-state index contributed by atoms with van der Waals surface area (Å²) in [7, 11) is -1.48. The highest BCUT2D eigenvalue weighted by atomic mass is 28.3. The summed E-state index contributed by atoms with van der Waals surface area (Å²) in [6, 6.07) is 0. The normalized spacial score (nSPS) is 19.1. The van der Waals surface area contributed by atoms with Gasteiger partial charge in [-0.05, 0) is 17.7 Å². The number of hydrogen-bond donors (Lipinski definition) is 0. The predicted octanol–water partition coefficient (Wildman–Crippen LogP) is 3.87. The highest BCUT2D eigenvalue weighted by molar-refractivity contribution is 6.91. The van der Waals surface area contributed by atoms with E-state index in [2.05, 4.69) is 61.4 Å². The molecule has 0 unspecified atom stereocenters. The first-order chi connectivity index (χ1) is 7.21. The average Bonchev–Trinajstić information content (AvgIpc) is 2.61. The maximum absolute atomic E-state index is 3.36. The van der Waals surface area contributed by atoms with Crippen molar-refractivity contribution in [2.45, 2.75) is 19.5 Å². The molecule has 2 rings (SSSR count). The van der Waals surface area contributed by atoms with Crippen molar-refractivity contribution < 1.29 is 0 Å². The molecular weight excluding hydrogens is 196 g/mol. The van der Waals surface area contributed by atoms with Crippen LogP contribution in [0.1, 0.15) is 6.42 Å². The molecule has 0 saturated carbocycles. The van der Waals surface area contributed by atoms with E-state index in [4.69, 9.17) is 0 Å². The Morgan fingerprint density at radius 3 is 2.73 bits per heavy atom. The zero-order valence-electron chi connectivity index (χ0n) is 9.33. The topological polar surface area (TPSA) is 0 Å². The maximum atomic E-state index is 3.36. The lowest BCUT2D eigenvalue weighted by Gasteiger charge is -2.23. The van der Waals surface area contributed by atoms with Crippen LogP contribution in [0.3, 0.4) is 0 Å². The molecular formula is C14H16Si. The largest absolute Gasteiger partial charge is 0.121 e. The number of allylic oxidation sites excluding steroid dienone is 9. The molecule has 0 amide bonds. The number of hydrogen-bond acceptors (Lipinski definition) is 0. The minimum atomic E-state index is -1.48. The summed E-state index contributed by atoms with van der Waals surface area (Å²) < 4.78 is 0. The van der Waals surface area contributed by atoms with E-state index in [1.807, 2.05) is 6.08 Å². The molecule has 0 radical (unpaired) electrons. The maximum Gasteiger partial charge on any atom is 0.121 e. The Labute approximate surface area is 92.7 Å². The Hall–Kier alpha value is -1.30. The smallest absolute Gasteiger partial charge is 0.121 e. The highest BCUT2D eigenvalue weighted by Crippen LogP contribution is 2.27. The summed E-state index contributed by atoms with van der Waals surface area (Å²) in [6.07, 6.45) is 18.5. The van der Waals surface area contributed by atoms with Crippen LogP contribution < -0.4 is 0 Å². The molecule has 0 nitrogen and oxygen atoms in total. The van der Waals surface area contributed by atoms with Gasteiger partial charge >= 0.3 is 0 Å². The molecule has 0 aromatic heterocycles. The van der Waals surface area contributed by atoms with E-state index in [9.17, 15) is 0 Å². The quantitative estimate of drug-likeness (QED) is 0.481. The Kier molecular flexibility index (Phi) is 2.76. The molecule has 0 heterocycles. The lowest BCUT2D eigenvalue weighted by atomic mass is 10.4. The summed E-state index contributed by atoms with van der Waals surface area (Å²) in [5.74, 6) is 0. The molecule has 2 aliphatic rings. The van der Waals surface area contributed by atoms with Crippen molar-refractivity contribution in [3.63, 3.8) is 0 Å². The van der Waals surface area contributed by atoms with Crippen LogP contribution in [0.25, 0.3) is 0 Å². The molecule has 0 atom stereocenters. The van der Waals surface area contributed by atoms with E-state index >= 15 is 0 Å². The molecule has 76 valence electrons. The molecule has 0 aromatic rings. The Morgan fingerprint density at radius 1 is 1.13 bits per heavy atom. The molecule has 15 heavy (non-hydrogen) atoms. The second-order valence-electron chi connectivity index (χ2n) is 4.39. The third kappa shape index (κ3) is 2.04. The zero-order chi connectivity index (χ0) is 10.7. The molecule has 0 aliphatic heterocycles. The van der Waals surface area contributed by atoms with Gasteiger partial charge in [0.2, 0.25) is 0 Å². The van der Waals surface area contributed by atoms with Crippen molar-refractivity contribution in [2.75, 3.05) is 0 Å². The van der Waals surface area contributed by atoms with Crippen molar-refractivity contribution in [1.82, 2.24) is 0 Å². The van der Waals surface area contributed by atoms with Gasteiger partial charge in [-0.25, -0.2) is 0 Å². The van der Waals surface area contributed by atoms with Crippen LogP contribution >= 0.6 is 0 Å². The van der Waals surface area contributed by atoms with Gasteiger partial charge in [0.15, 0.2) is 0 Å². The molecule has 0 N–H and O–H groups in total. The third-order valence-corrected chi connectivity index (χ3v) is 6.46. The van der Waals surface area contributed by atoms with Gasteiger partial charge in [0.05, 0.1) is 0 Å². The van der Waals surface area contributed by atoms with Crippen molar-refractivity contribution >= 4 is 8.07 Å². The molecule has 0 saturated heterocycles. The lowest BCUT2D eigenvalue weighted by molar-refractivity contribution is 1.39. The van der Waals surface area contributed by atoms with Crippen molar-refractivity contribution in [3.8, 4) is 0 Å². The van der Waals surface area contributed by atoms with Crippen LogP contribution in [0.15, 0.2) is 64.7 Å². The molecule has 0 aromatic carbocycles.